The lowest BCUT2D eigenvalue weighted by Crippen LogP contribution is -2.13. The molecule has 7 nitrogen and oxygen atoms in total. The van der Waals surface area contributed by atoms with Gasteiger partial charge in [0, 0.05) is 22.3 Å². The summed E-state index contributed by atoms with van der Waals surface area (Å²) in [4.78, 5) is 30.9. The molecule has 0 aliphatic carbocycles. The average Bonchev–Trinajstić information content (AvgIpc) is 3.30. The third-order valence-corrected chi connectivity index (χ3v) is 4.22. The fourth-order valence-electron chi connectivity index (χ4n) is 2.40. The van der Waals surface area contributed by atoms with Crippen LogP contribution in [-0.2, 0) is 11.3 Å². The molecular weight excluding hydrogens is 342 g/mol. The second-order valence-corrected chi connectivity index (χ2v) is 5.98. The first-order chi connectivity index (χ1) is 12.2. The maximum atomic E-state index is 12.4. The molecule has 3 aromatic heterocycles. The van der Waals surface area contributed by atoms with Gasteiger partial charge in [0.1, 0.15) is 0 Å². The highest BCUT2D eigenvalue weighted by Crippen LogP contribution is 2.20. The first-order valence-corrected chi connectivity index (χ1v) is 8.29. The van der Waals surface area contributed by atoms with Crippen LogP contribution in [0.15, 0.2) is 56.5 Å². The Kier molecular flexibility index (Phi) is 3.87. The topological polar surface area (TPSA) is 98.1 Å². The fraction of sp³-hybridized carbons (Fsp3) is 0.0588. The zero-order valence-corrected chi connectivity index (χ0v) is 13.6. The van der Waals surface area contributed by atoms with Gasteiger partial charge in [-0.3, -0.25) is 4.79 Å². The molecule has 8 heteroatoms. The molecule has 0 bridgehead atoms. The van der Waals surface area contributed by atoms with Gasteiger partial charge in [0.15, 0.2) is 6.61 Å². The number of aromatic nitrogens is 3. The molecule has 25 heavy (non-hydrogen) atoms. The molecular formula is C17H11N3O4S. The van der Waals surface area contributed by atoms with Crippen LogP contribution in [0.3, 0.4) is 0 Å². The van der Waals surface area contributed by atoms with E-state index in [1.54, 1.807) is 24.3 Å². The predicted octanol–water partition coefficient (Wildman–Crippen LogP) is 3.00. The third kappa shape index (κ3) is 3.07. The molecule has 0 spiro atoms. The maximum Gasteiger partial charge on any atom is 0.339 e. The van der Waals surface area contributed by atoms with Gasteiger partial charge in [-0.05, 0) is 17.5 Å². The largest absolute Gasteiger partial charge is 0.454 e. The Hall–Kier alpha value is -3.26. The lowest BCUT2D eigenvalue weighted by atomic mass is 10.1. The number of benzene rings is 1. The van der Waals surface area contributed by atoms with Gasteiger partial charge in [0.05, 0.1) is 11.1 Å². The second kappa shape index (κ2) is 6.33. The van der Waals surface area contributed by atoms with Crippen LogP contribution in [0.5, 0.6) is 0 Å². The second-order valence-electron chi connectivity index (χ2n) is 5.20. The lowest BCUT2D eigenvalue weighted by molar-refractivity contribution is 0.0462. The molecule has 0 aliphatic heterocycles. The van der Waals surface area contributed by atoms with E-state index < -0.39 is 5.97 Å². The van der Waals surface area contributed by atoms with Crippen molar-refractivity contribution in [3.05, 3.63) is 68.9 Å². The zero-order chi connectivity index (χ0) is 17.2. The monoisotopic (exact) mass is 353 g/mol. The number of hydrogen-bond acceptors (Lipinski definition) is 7. The number of para-hydroxylation sites is 1. The number of nitrogens with zero attached hydrogens (tertiary/aromatic N) is 2. The van der Waals surface area contributed by atoms with Crippen molar-refractivity contribution in [2.45, 2.75) is 6.61 Å². The first-order valence-electron chi connectivity index (χ1n) is 7.35. The van der Waals surface area contributed by atoms with Crippen molar-refractivity contribution >= 4 is 28.2 Å². The SMILES string of the molecule is O=C(OCc1noc(-c2ccsc2)n1)c1cc(=O)[nH]c2ccccc12. The van der Waals surface area contributed by atoms with Crippen LogP contribution >= 0.6 is 11.3 Å². The first kappa shape index (κ1) is 15.3. The van der Waals surface area contributed by atoms with Crippen LogP contribution < -0.4 is 5.56 Å². The van der Waals surface area contributed by atoms with Crippen LogP contribution in [-0.4, -0.2) is 21.1 Å². The summed E-state index contributed by atoms with van der Waals surface area (Å²) in [5.74, 6) is 0.00165. The molecule has 0 amide bonds. The number of thiophene rings is 1. The molecule has 0 aliphatic rings. The van der Waals surface area contributed by atoms with Crippen molar-refractivity contribution in [1.82, 2.24) is 15.1 Å². The van der Waals surface area contributed by atoms with Gasteiger partial charge in [-0.15, -0.1) is 0 Å². The molecule has 4 rings (SSSR count). The van der Waals surface area contributed by atoms with Crippen molar-refractivity contribution in [2.75, 3.05) is 0 Å². The van der Waals surface area contributed by atoms with E-state index in [4.69, 9.17) is 9.26 Å². The molecule has 3 heterocycles. The summed E-state index contributed by atoms with van der Waals surface area (Å²) in [5.41, 5.74) is 1.21. The summed E-state index contributed by atoms with van der Waals surface area (Å²) in [6.45, 7) is -0.145. The quantitative estimate of drug-likeness (QED) is 0.566. The number of esters is 1. The summed E-state index contributed by atoms with van der Waals surface area (Å²) in [6, 6.07) is 10.1. The average molecular weight is 353 g/mol. The normalized spacial score (nSPS) is 10.9. The minimum atomic E-state index is -0.621. The van der Waals surface area contributed by atoms with E-state index in [-0.39, 0.29) is 23.6 Å². The number of carbonyl (C=O) groups excluding carboxylic acids is 1. The Morgan fingerprint density at radius 1 is 1.28 bits per heavy atom. The van der Waals surface area contributed by atoms with E-state index in [0.717, 1.165) is 5.56 Å². The molecule has 0 radical (unpaired) electrons. The van der Waals surface area contributed by atoms with Crippen molar-refractivity contribution in [2.24, 2.45) is 0 Å². The van der Waals surface area contributed by atoms with E-state index >= 15 is 0 Å². The lowest BCUT2D eigenvalue weighted by Gasteiger charge is -2.05. The number of hydrogen-bond donors (Lipinski definition) is 1. The number of fused-ring (bicyclic) bond motifs is 1. The smallest absolute Gasteiger partial charge is 0.339 e. The van der Waals surface area contributed by atoms with Gasteiger partial charge < -0.3 is 14.2 Å². The van der Waals surface area contributed by atoms with Crippen molar-refractivity contribution in [3.8, 4) is 11.5 Å². The Bertz CT molecular complexity index is 1100. The van der Waals surface area contributed by atoms with Crippen LogP contribution in [0.1, 0.15) is 16.2 Å². The molecule has 124 valence electrons. The summed E-state index contributed by atoms with van der Waals surface area (Å²) >= 11 is 1.52. The van der Waals surface area contributed by atoms with E-state index in [9.17, 15) is 9.59 Å². The minimum Gasteiger partial charge on any atom is -0.454 e. The van der Waals surface area contributed by atoms with Crippen molar-refractivity contribution in [3.63, 3.8) is 0 Å². The molecule has 0 unspecified atom stereocenters. The Morgan fingerprint density at radius 2 is 2.16 bits per heavy atom. The highest BCUT2D eigenvalue weighted by molar-refractivity contribution is 7.08. The molecule has 4 aromatic rings. The number of carbonyl (C=O) groups is 1. The zero-order valence-electron chi connectivity index (χ0n) is 12.8. The van der Waals surface area contributed by atoms with Gasteiger partial charge in [0.25, 0.3) is 5.89 Å². The Balaban J connectivity index is 1.54. The number of rotatable bonds is 4. The van der Waals surface area contributed by atoms with Crippen molar-refractivity contribution in [1.29, 1.82) is 0 Å². The standard InChI is InChI=1S/C17H11N3O4S/c21-15-7-12(11-3-1-2-4-13(11)18-15)17(22)23-8-14-19-16(24-20-14)10-5-6-25-9-10/h1-7,9H,8H2,(H,18,21). The minimum absolute atomic E-state index is 0.145. The van der Waals surface area contributed by atoms with Gasteiger partial charge in [-0.1, -0.05) is 23.4 Å². The van der Waals surface area contributed by atoms with E-state index in [1.807, 2.05) is 16.8 Å². The van der Waals surface area contributed by atoms with Crippen LogP contribution in [0.4, 0.5) is 0 Å². The van der Waals surface area contributed by atoms with Gasteiger partial charge in [0.2, 0.25) is 11.4 Å². The Morgan fingerprint density at radius 3 is 3.00 bits per heavy atom. The highest BCUT2D eigenvalue weighted by Gasteiger charge is 2.15. The molecule has 1 aromatic carbocycles. The molecule has 0 atom stereocenters. The summed E-state index contributed by atoms with van der Waals surface area (Å²) in [6.07, 6.45) is 0. The fourth-order valence-corrected chi connectivity index (χ4v) is 3.03. The van der Waals surface area contributed by atoms with E-state index in [0.29, 0.717) is 16.8 Å². The van der Waals surface area contributed by atoms with Crippen molar-refractivity contribution < 1.29 is 14.1 Å². The third-order valence-electron chi connectivity index (χ3n) is 3.54. The number of nitrogens with one attached hydrogen (secondary N) is 1. The van der Waals surface area contributed by atoms with Gasteiger partial charge >= 0.3 is 5.97 Å². The van der Waals surface area contributed by atoms with E-state index in [1.165, 1.54) is 17.4 Å². The number of ether oxygens (including phenoxy) is 1. The molecule has 0 saturated carbocycles. The van der Waals surface area contributed by atoms with Crippen LogP contribution in [0.25, 0.3) is 22.4 Å². The summed E-state index contributed by atoms with van der Waals surface area (Å²) < 4.78 is 10.4. The van der Waals surface area contributed by atoms with Gasteiger partial charge in [-0.2, -0.15) is 16.3 Å². The van der Waals surface area contributed by atoms with Gasteiger partial charge in [-0.25, -0.2) is 4.79 Å². The molecule has 1 N–H and O–H groups in total. The molecule has 0 fully saturated rings. The van der Waals surface area contributed by atoms with E-state index in [2.05, 4.69) is 15.1 Å². The van der Waals surface area contributed by atoms with Crippen LogP contribution in [0, 0.1) is 0 Å². The predicted molar refractivity (Wildman–Crippen MR) is 91.3 cm³/mol. The van der Waals surface area contributed by atoms with Crippen LogP contribution in [0.2, 0.25) is 0 Å². The number of pyridine rings is 1. The molecule has 0 saturated heterocycles. The summed E-state index contributed by atoms with van der Waals surface area (Å²) in [7, 11) is 0. The highest BCUT2D eigenvalue weighted by atomic mass is 32.1. The number of aromatic amines is 1. The maximum absolute atomic E-state index is 12.4. The summed E-state index contributed by atoms with van der Waals surface area (Å²) in [5, 5.41) is 8.18. The number of H-pyrrole nitrogens is 1. The Labute approximate surface area is 144 Å².